The van der Waals surface area contributed by atoms with E-state index in [2.05, 4.69) is 9.97 Å². The highest BCUT2D eigenvalue weighted by molar-refractivity contribution is 7.92. The van der Waals surface area contributed by atoms with Crippen LogP contribution in [0.4, 0.5) is 33.5 Å². The van der Waals surface area contributed by atoms with Gasteiger partial charge in [0.25, 0.3) is 10.0 Å². The Labute approximate surface area is 234 Å². The number of sulfonamides is 1. The van der Waals surface area contributed by atoms with Gasteiger partial charge in [-0.25, -0.2) is 27.2 Å². The number of likely N-dealkylation sites (N-methyl/N-ethyl adjacent to an activating group) is 1. The number of hydrogen-bond donors (Lipinski definition) is 2. The van der Waals surface area contributed by atoms with Crippen LogP contribution in [0.15, 0.2) is 59.9 Å². The summed E-state index contributed by atoms with van der Waals surface area (Å²) >= 11 is 0. The number of aliphatic hydroxyl groups excluding tert-OH is 1. The Balaban J connectivity index is 1.59. The number of piperidine rings is 1. The number of hydrogen-bond acceptors (Lipinski definition) is 7. The molecule has 0 amide bonds. The Morgan fingerprint density at radius 1 is 1.15 bits per heavy atom. The van der Waals surface area contributed by atoms with Crippen molar-refractivity contribution in [3.05, 3.63) is 77.8 Å². The Hall–Kier alpha value is -3.36. The number of β-amino-alcohol motifs (C(OH)–C–C–N with tert-alkyl or cyclic N) is 1. The molecule has 2 heterocycles. The van der Waals surface area contributed by atoms with Crippen molar-refractivity contribution in [3.63, 3.8) is 0 Å². The maximum atomic E-state index is 15.2. The molecule has 0 unspecified atom stereocenters. The minimum absolute atomic E-state index is 0.126. The van der Waals surface area contributed by atoms with Gasteiger partial charge in [0.15, 0.2) is 4.90 Å². The third-order valence-electron chi connectivity index (χ3n) is 7.37. The van der Waals surface area contributed by atoms with E-state index in [1.54, 1.807) is 18.0 Å². The van der Waals surface area contributed by atoms with E-state index >= 15 is 8.78 Å². The first-order valence-electron chi connectivity index (χ1n) is 12.9. The number of aliphatic hydroxyl groups is 1. The van der Waals surface area contributed by atoms with E-state index in [0.29, 0.717) is 37.8 Å². The van der Waals surface area contributed by atoms with Gasteiger partial charge in [0.2, 0.25) is 0 Å². The van der Waals surface area contributed by atoms with E-state index in [4.69, 9.17) is 0 Å². The summed E-state index contributed by atoms with van der Waals surface area (Å²) in [5.74, 6) is -2.73. The number of aryl methyl sites for hydroxylation is 1. The van der Waals surface area contributed by atoms with Crippen LogP contribution in [0.5, 0.6) is 0 Å². The largest absolute Gasteiger partial charge is 0.416 e. The predicted octanol–water partition coefficient (Wildman–Crippen LogP) is 4.47. The molecule has 1 saturated heterocycles. The fraction of sp³-hybridized carbons (Fsp3) is 0.407. The molecule has 222 valence electrons. The molecular weight excluding hydrogens is 569 g/mol. The van der Waals surface area contributed by atoms with E-state index in [-0.39, 0.29) is 31.2 Å². The van der Waals surface area contributed by atoms with Gasteiger partial charge in [-0.1, -0.05) is 18.2 Å². The molecule has 1 aliphatic heterocycles. The summed E-state index contributed by atoms with van der Waals surface area (Å²) in [6.07, 6.45) is -0.164. The lowest BCUT2D eigenvalue weighted by Gasteiger charge is -2.49. The first kappa shape index (κ1) is 30.6. The molecule has 1 aliphatic rings. The summed E-state index contributed by atoms with van der Waals surface area (Å²) in [4.78, 5) is 9.87. The average Bonchev–Trinajstić information content (AvgIpc) is 2.91. The predicted molar refractivity (Wildman–Crippen MR) is 143 cm³/mol. The van der Waals surface area contributed by atoms with Crippen LogP contribution in [-0.2, 0) is 22.6 Å². The molecule has 0 bridgehead atoms. The van der Waals surface area contributed by atoms with Crippen molar-refractivity contribution >= 4 is 21.5 Å². The highest BCUT2D eigenvalue weighted by Gasteiger charge is 2.39. The van der Waals surface area contributed by atoms with E-state index in [1.165, 1.54) is 18.3 Å². The van der Waals surface area contributed by atoms with E-state index in [1.807, 2.05) is 9.62 Å². The Morgan fingerprint density at radius 3 is 2.51 bits per heavy atom. The summed E-state index contributed by atoms with van der Waals surface area (Å²) in [5, 5.41) is 9.61. The van der Waals surface area contributed by atoms with Crippen molar-refractivity contribution in [1.82, 2.24) is 14.9 Å². The van der Waals surface area contributed by atoms with Gasteiger partial charge >= 0.3 is 6.18 Å². The van der Waals surface area contributed by atoms with Crippen LogP contribution in [-0.4, -0.2) is 67.2 Å². The van der Waals surface area contributed by atoms with Crippen LogP contribution in [0.2, 0.25) is 0 Å². The van der Waals surface area contributed by atoms with Gasteiger partial charge in [0.05, 0.1) is 12.2 Å². The van der Waals surface area contributed by atoms with Crippen molar-refractivity contribution in [2.45, 2.75) is 42.3 Å². The molecule has 14 heteroatoms. The molecule has 2 aromatic carbocycles. The van der Waals surface area contributed by atoms with Crippen LogP contribution in [0, 0.1) is 11.6 Å². The first-order valence-corrected chi connectivity index (χ1v) is 14.3. The Morgan fingerprint density at radius 2 is 1.88 bits per heavy atom. The molecule has 1 atom stereocenters. The average molecular weight is 600 g/mol. The van der Waals surface area contributed by atoms with Gasteiger partial charge in [-0.3, -0.25) is 9.62 Å². The quantitative estimate of drug-likeness (QED) is 0.332. The summed E-state index contributed by atoms with van der Waals surface area (Å²) < 4.78 is 97.6. The fourth-order valence-corrected chi connectivity index (χ4v) is 6.36. The van der Waals surface area contributed by atoms with Gasteiger partial charge in [-0.2, -0.15) is 13.2 Å². The molecule has 1 fully saturated rings. The maximum Gasteiger partial charge on any atom is 0.416 e. The number of aromatic nitrogens is 2. The second kappa shape index (κ2) is 12.2. The number of halogens is 5. The summed E-state index contributed by atoms with van der Waals surface area (Å²) in [6, 6.07) is 8.23. The second-order valence-electron chi connectivity index (χ2n) is 10.0. The topological polar surface area (TPSA) is 98.7 Å². The first-order chi connectivity index (χ1) is 19.3. The van der Waals surface area contributed by atoms with E-state index < -0.39 is 43.8 Å². The summed E-state index contributed by atoms with van der Waals surface area (Å²) in [6.45, 7) is 0.803. The molecule has 0 aliphatic carbocycles. The Bertz CT molecular complexity index is 1440. The molecular formula is C27H30F5N5O3S. The third kappa shape index (κ3) is 7.11. The minimum atomic E-state index is -4.64. The highest BCUT2D eigenvalue weighted by Crippen LogP contribution is 2.36. The summed E-state index contributed by atoms with van der Waals surface area (Å²) in [7, 11) is -2.85. The highest BCUT2D eigenvalue weighted by atomic mass is 32.2. The Kier molecular flexibility index (Phi) is 9.14. The molecule has 3 aromatic rings. The molecule has 0 spiro atoms. The van der Waals surface area contributed by atoms with Crippen LogP contribution in [0.3, 0.4) is 0 Å². The molecule has 1 aromatic heterocycles. The number of nitrogens with one attached hydrogen (secondary N) is 1. The third-order valence-corrected chi connectivity index (χ3v) is 8.78. The van der Waals surface area contributed by atoms with Crippen LogP contribution < -0.4 is 9.62 Å². The lowest BCUT2D eigenvalue weighted by Crippen LogP contribution is -2.58. The van der Waals surface area contributed by atoms with Crippen LogP contribution in [0.1, 0.15) is 30.4 Å². The molecule has 0 saturated carbocycles. The van der Waals surface area contributed by atoms with Crippen LogP contribution >= 0.6 is 0 Å². The second-order valence-corrected chi connectivity index (χ2v) is 11.7. The van der Waals surface area contributed by atoms with Gasteiger partial charge in [-0.15, -0.1) is 0 Å². The number of rotatable bonds is 10. The van der Waals surface area contributed by atoms with Gasteiger partial charge < -0.3 is 10.0 Å². The normalized spacial score (nSPS) is 18.1. The fourth-order valence-electron chi connectivity index (χ4n) is 5.23. The molecule has 41 heavy (non-hydrogen) atoms. The van der Waals surface area contributed by atoms with Gasteiger partial charge in [-0.05, 0) is 62.6 Å². The molecule has 0 radical (unpaired) electrons. The van der Waals surface area contributed by atoms with Crippen molar-refractivity contribution in [2.75, 3.05) is 42.9 Å². The van der Waals surface area contributed by atoms with Crippen LogP contribution in [0.25, 0.3) is 0 Å². The smallest absolute Gasteiger partial charge is 0.395 e. The van der Waals surface area contributed by atoms with E-state index in [9.17, 15) is 26.7 Å². The molecule has 2 N–H and O–H groups in total. The lowest BCUT2D eigenvalue weighted by atomic mass is 9.81. The SMILES string of the molecule is CN(CCO)[C@]1(CCc2cccc(C(F)(F)F)c2)CCCN(c2cc(F)c(S(=O)(=O)Nc3ccncn3)c(F)c2)C1. The summed E-state index contributed by atoms with van der Waals surface area (Å²) in [5.41, 5.74) is -0.757. The number of anilines is 2. The number of alkyl halides is 3. The van der Waals surface area contributed by atoms with Crippen molar-refractivity contribution in [3.8, 4) is 0 Å². The number of benzene rings is 2. The standard InChI is InChI=1S/C27H30F5N5O3S/c1-36(12-13-38)26(9-6-19-4-2-5-20(14-19)27(30,31)32)8-3-11-37(17-26)21-15-22(28)25(23(29)16-21)41(39,40)35-24-7-10-33-18-34-24/h2,4-5,7,10,14-16,18,38H,3,6,8-9,11-13,17H2,1H3,(H,33,34,35)/t26-/m0/s1. The minimum Gasteiger partial charge on any atom is -0.395 e. The number of nitrogens with zero attached hydrogens (tertiary/aromatic N) is 4. The lowest BCUT2D eigenvalue weighted by molar-refractivity contribution is -0.137. The van der Waals surface area contributed by atoms with Crippen molar-refractivity contribution in [2.24, 2.45) is 0 Å². The van der Waals surface area contributed by atoms with Crippen molar-refractivity contribution < 1.29 is 35.5 Å². The van der Waals surface area contributed by atoms with Crippen molar-refractivity contribution in [1.29, 1.82) is 0 Å². The van der Waals surface area contributed by atoms with E-state index in [0.717, 1.165) is 30.6 Å². The zero-order valence-corrected chi connectivity index (χ0v) is 23.0. The molecule has 8 nitrogen and oxygen atoms in total. The van der Waals surface area contributed by atoms with Gasteiger partial charge in [0, 0.05) is 37.1 Å². The zero-order chi connectivity index (χ0) is 29.8. The van der Waals surface area contributed by atoms with Gasteiger partial charge in [0.1, 0.15) is 23.8 Å². The molecule has 4 rings (SSSR count). The monoisotopic (exact) mass is 599 g/mol. The zero-order valence-electron chi connectivity index (χ0n) is 22.2. The maximum absolute atomic E-state index is 15.2.